The van der Waals surface area contributed by atoms with Crippen molar-refractivity contribution >= 4 is 24.8 Å². The van der Waals surface area contributed by atoms with Gasteiger partial charge in [0.15, 0.2) is 1.41 Å². The average Bonchev–Trinajstić information content (AvgIpc) is 1.87. The van der Waals surface area contributed by atoms with Gasteiger partial charge >= 0.3 is 0 Å². The molecule has 0 bridgehead atoms. The summed E-state index contributed by atoms with van der Waals surface area (Å²) in [6.45, 7) is -0.181. The molecule has 0 saturated carbocycles. The van der Waals surface area contributed by atoms with Crippen molar-refractivity contribution in [3.05, 3.63) is 0 Å². The third-order valence-electron chi connectivity index (χ3n) is 0.477. The molecule has 0 rings (SSSR count). The molecule has 0 aliphatic rings. The van der Waals surface area contributed by atoms with Crippen molar-refractivity contribution in [2.24, 2.45) is 0 Å². The van der Waals surface area contributed by atoms with E-state index in [9.17, 15) is 9.59 Å². The van der Waals surface area contributed by atoms with Crippen LogP contribution < -0.4 is 5.31 Å². The number of hydrogen-bond donors (Lipinski definition) is 2. The van der Waals surface area contributed by atoms with Crippen molar-refractivity contribution in [1.82, 2.24) is 5.31 Å². The first-order chi connectivity index (χ1) is 4.22. The van der Waals surface area contributed by atoms with E-state index in [4.69, 9.17) is 1.41 Å². The molecule has 0 aromatic carbocycles. The lowest BCUT2D eigenvalue weighted by molar-refractivity contribution is -0.120. The standard InChI is InChI=1S/C4H7NO2S/c6-2-1-5-4(7)3-8/h2,8H,1,3H2,(H,5,7)/i/hD. The Labute approximate surface area is 54.3 Å². The van der Waals surface area contributed by atoms with E-state index >= 15 is 0 Å². The zero-order valence-corrected chi connectivity index (χ0v) is 5.10. The molecule has 3 nitrogen and oxygen atoms in total. The van der Waals surface area contributed by atoms with Gasteiger partial charge in [-0.1, -0.05) is 0 Å². The van der Waals surface area contributed by atoms with Crippen LogP contribution in [0, 0.1) is 0 Å². The lowest BCUT2D eigenvalue weighted by atomic mass is 10.6. The molecule has 0 radical (unpaired) electrons. The second-order valence-corrected chi connectivity index (χ2v) is 1.38. The zero-order chi connectivity index (χ0) is 7.28. The summed E-state index contributed by atoms with van der Waals surface area (Å²) in [6, 6.07) is 0. The van der Waals surface area contributed by atoms with E-state index in [1.54, 1.807) is 0 Å². The molecule has 0 aliphatic heterocycles. The number of nitrogens with one attached hydrogen (secondary N) is 1. The highest BCUT2D eigenvalue weighted by Gasteiger charge is 1.91. The van der Waals surface area contributed by atoms with Gasteiger partial charge in [0.1, 0.15) is 6.29 Å². The lowest BCUT2D eigenvalue weighted by Gasteiger charge is -1.92. The van der Waals surface area contributed by atoms with Crippen molar-refractivity contribution in [3.63, 3.8) is 0 Å². The Hall–Kier alpha value is -0.510. The minimum atomic E-state index is -0.467. The fourth-order valence-electron chi connectivity index (χ4n) is 0.189. The SMILES string of the molecule is [2H]N(CC=O)C(=O)CS. The van der Waals surface area contributed by atoms with E-state index in [2.05, 4.69) is 12.6 Å². The first kappa shape index (κ1) is 5.62. The van der Waals surface area contributed by atoms with Gasteiger partial charge in [0, 0.05) is 0 Å². The fourth-order valence-corrected chi connectivity index (χ4v) is 0.289. The van der Waals surface area contributed by atoms with E-state index < -0.39 is 5.91 Å². The van der Waals surface area contributed by atoms with E-state index in [0.717, 1.165) is 0 Å². The molecule has 0 heterocycles. The summed E-state index contributed by atoms with van der Waals surface area (Å²) < 4.78 is 6.78. The molecule has 0 spiro atoms. The van der Waals surface area contributed by atoms with Crippen LogP contribution in [0.15, 0.2) is 0 Å². The van der Waals surface area contributed by atoms with Gasteiger partial charge < -0.3 is 10.1 Å². The molecule has 0 fully saturated rings. The van der Waals surface area contributed by atoms with Crippen molar-refractivity contribution in [1.29, 1.82) is 0 Å². The van der Waals surface area contributed by atoms with Crippen molar-refractivity contribution in [2.75, 3.05) is 12.3 Å². The van der Waals surface area contributed by atoms with E-state index in [1.807, 2.05) is 0 Å². The molecule has 0 unspecified atom stereocenters. The summed E-state index contributed by atoms with van der Waals surface area (Å²) in [4.78, 5) is 20.1. The highest BCUT2D eigenvalue weighted by atomic mass is 32.1. The van der Waals surface area contributed by atoms with Crippen LogP contribution in [-0.2, 0) is 9.59 Å². The van der Waals surface area contributed by atoms with Crippen LogP contribution in [0.1, 0.15) is 0 Å². The molecule has 46 valence electrons. The topological polar surface area (TPSA) is 46.2 Å². The van der Waals surface area contributed by atoms with Crippen molar-refractivity contribution in [2.45, 2.75) is 0 Å². The second kappa shape index (κ2) is 4.64. The average molecular weight is 134 g/mol. The summed E-state index contributed by atoms with van der Waals surface area (Å²) in [5.41, 5.74) is 0. The van der Waals surface area contributed by atoms with Crippen molar-refractivity contribution < 1.29 is 11.0 Å². The number of rotatable bonds is 3. The minimum Gasteiger partial charge on any atom is -0.349 e. The maximum absolute atomic E-state index is 10.4. The predicted octanol–water partition coefficient (Wildman–Crippen LogP) is -0.769. The summed E-state index contributed by atoms with van der Waals surface area (Å²) in [6.07, 6.45) is 0.494. The van der Waals surface area contributed by atoms with Gasteiger partial charge in [-0.3, -0.25) is 4.79 Å². The van der Waals surface area contributed by atoms with Crippen LogP contribution >= 0.6 is 12.6 Å². The summed E-state index contributed by atoms with van der Waals surface area (Å²) in [7, 11) is 0. The zero-order valence-electron chi connectivity index (χ0n) is 5.20. The Bertz CT molecular complexity index is 119. The van der Waals surface area contributed by atoms with E-state index in [1.165, 1.54) is 0 Å². The number of aldehydes is 1. The monoisotopic (exact) mass is 134 g/mol. The van der Waals surface area contributed by atoms with Crippen LogP contribution in [0.4, 0.5) is 0 Å². The highest BCUT2D eigenvalue weighted by Crippen LogP contribution is 1.69. The Morgan fingerprint density at radius 2 is 2.62 bits per heavy atom. The number of thiol groups is 1. The van der Waals surface area contributed by atoms with Crippen LogP contribution in [0.3, 0.4) is 0 Å². The van der Waals surface area contributed by atoms with E-state index in [0.29, 0.717) is 11.6 Å². The predicted molar refractivity (Wildman–Crippen MR) is 32.9 cm³/mol. The van der Waals surface area contributed by atoms with Crippen LogP contribution in [0.25, 0.3) is 0 Å². The van der Waals surface area contributed by atoms with Crippen molar-refractivity contribution in [3.8, 4) is 0 Å². The smallest absolute Gasteiger partial charge is 0.230 e. The molecule has 0 atom stereocenters. The second-order valence-electron chi connectivity index (χ2n) is 1.06. The van der Waals surface area contributed by atoms with Crippen LogP contribution in [-0.4, -0.2) is 24.5 Å². The molecule has 4 heteroatoms. The summed E-state index contributed by atoms with van der Waals surface area (Å²) in [5.74, 6) is -0.498. The molecule has 0 aromatic rings. The molecular weight excluding hydrogens is 126 g/mol. The third kappa shape index (κ3) is 3.67. The van der Waals surface area contributed by atoms with Gasteiger partial charge in [0.2, 0.25) is 5.91 Å². The molecule has 0 aliphatic carbocycles. The number of hydrogen-bond acceptors (Lipinski definition) is 3. The van der Waals surface area contributed by atoms with Gasteiger partial charge in [-0.2, -0.15) is 12.6 Å². The first-order valence-electron chi connectivity index (χ1n) is 2.50. The minimum absolute atomic E-state index is 0.0304. The number of amides is 1. The Morgan fingerprint density at radius 1 is 2.00 bits per heavy atom. The van der Waals surface area contributed by atoms with Crippen LogP contribution in [0.5, 0.6) is 0 Å². The molecule has 0 saturated heterocycles. The van der Waals surface area contributed by atoms with Gasteiger partial charge in [-0.05, 0) is 0 Å². The summed E-state index contributed by atoms with van der Waals surface area (Å²) >= 11 is 3.62. The maximum atomic E-state index is 10.4. The molecular formula is C4H7NO2S. The number of carbonyl (C=O) groups excluding carboxylic acids is 2. The quantitative estimate of drug-likeness (QED) is 0.393. The highest BCUT2D eigenvalue weighted by molar-refractivity contribution is 7.81. The maximum Gasteiger partial charge on any atom is 0.230 e. The van der Waals surface area contributed by atoms with E-state index in [-0.39, 0.29) is 12.3 Å². The third-order valence-corrected chi connectivity index (χ3v) is 0.748. The molecule has 0 aromatic heterocycles. The summed E-state index contributed by atoms with van der Waals surface area (Å²) in [5, 5.41) is 0.569. The van der Waals surface area contributed by atoms with Gasteiger partial charge in [0.05, 0.1) is 12.3 Å². The Kier molecular flexibility index (Phi) is 3.26. The Balaban J connectivity index is 3.58. The lowest BCUT2D eigenvalue weighted by Crippen LogP contribution is -2.25. The largest absolute Gasteiger partial charge is 0.349 e. The molecule has 8 heavy (non-hydrogen) atoms. The number of carbonyl (C=O) groups is 2. The molecule has 1 amide bonds. The Morgan fingerprint density at radius 3 is 3.00 bits per heavy atom. The van der Waals surface area contributed by atoms with Gasteiger partial charge in [-0.15, -0.1) is 0 Å². The van der Waals surface area contributed by atoms with Crippen LogP contribution in [0.2, 0.25) is 1.41 Å². The van der Waals surface area contributed by atoms with Gasteiger partial charge in [-0.25, -0.2) is 0 Å². The fraction of sp³-hybridized carbons (Fsp3) is 0.500. The molecule has 1 N–H and O–H groups in total. The normalized spacial score (nSPS) is 9.88. The first-order valence-corrected chi connectivity index (χ1v) is 2.69. The van der Waals surface area contributed by atoms with Gasteiger partial charge in [0.25, 0.3) is 0 Å².